The molecule has 2 aromatic heterocycles. The van der Waals surface area contributed by atoms with E-state index in [0.29, 0.717) is 6.92 Å². The Morgan fingerprint density at radius 2 is 1.83 bits per heavy atom. The number of rotatable bonds is 6. The van der Waals surface area contributed by atoms with Crippen molar-refractivity contribution >= 4 is 22.8 Å². The lowest BCUT2D eigenvalue weighted by Gasteiger charge is -2.19. The van der Waals surface area contributed by atoms with Crippen molar-refractivity contribution in [3.8, 4) is 5.75 Å². The highest BCUT2D eigenvalue weighted by molar-refractivity contribution is 5.91. The smallest absolute Gasteiger partial charge is 0.429 e. The Kier molecular flexibility index (Phi) is 5.42. The number of imidazole rings is 1. The second kappa shape index (κ2) is 7.69. The summed E-state index contributed by atoms with van der Waals surface area (Å²) >= 11 is 0. The summed E-state index contributed by atoms with van der Waals surface area (Å²) in [5, 5.41) is 2.54. The van der Waals surface area contributed by atoms with E-state index in [4.69, 9.17) is 0 Å². The summed E-state index contributed by atoms with van der Waals surface area (Å²) < 4.78 is 47.1. The van der Waals surface area contributed by atoms with Crippen LogP contribution in [0.1, 0.15) is 6.92 Å². The summed E-state index contributed by atoms with van der Waals surface area (Å²) in [6.45, 7) is 0.402. The Hall–Kier alpha value is -3.57. The number of nitrogens with zero attached hydrogens (tertiary/aromatic N) is 4. The van der Waals surface area contributed by atoms with Gasteiger partial charge in [-0.25, -0.2) is 14.2 Å². The molecule has 0 radical (unpaired) electrons. The molecule has 9 nitrogen and oxygen atoms in total. The van der Waals surface area contributed by atoms with Gasteiger partial charge in [-0.1, -0.05) is 0 Å². The van der Waals surface area contributed by atoms with Crippen LogP contribution in [0.4, 0.5) is 18.9 Å². The number of halogens is 3. The van der Waals surface area contributed by atoms with Crippen molar-refractivity contribution in [2.45, 2.75) is 25.7 Å². The van der Waals surface area contributed by atoms with Crippen molar-refractivity contribution in [3.05, 3.63) is 51.4 Å². The first kappa shape index (κ1) is 21.1. The Morgan fingerprint density at radius 3 is 2.43 bits per heavy atom. The predicted molar refractivity (Wildman–Crippen MR) is 101 cm³/mol. The van der Waals surface area contributed by atoms with Crippen LogP contribution in [-0.2, 0) is 25.4 Å². The highest BCUT2D eigenvalue weighted by Crippen LogP contribution is 2.27. The number of amides is 1. The lowest BCUT2D eigenvalue weighted by molar-refractivity contribution is -0.215. The third-order valence-electron chi connectivity index (χ3n) is 4.39. The van der Waals surface area contributed by atoms with E-state index in [2.05, 4.69) is 15.0 Å². The SMILES string of the molecule is CC(F)C(F)(F)Oc1ccc(NC(=O)Cn2cnc3c2c(=O)n(C)c(=O)n3C)cc1. The number of ether oxygens (including phenoxy) is 1. The number of fused-ring (bicyclic) bond motifs is 1. The molecule has 0 saturated carbocycles. The Balaban J connectivity index is 1.75. The first-order valence-electron chi connectivity index (χ1n) is 8.73. The quantitative estimate of drug-likeness (QED) is 0.644. The number of nitrogens with one attached hydrogen (secondary N) is 1. The average molecular weight is 425 g/mol. The summed E-state index contributed by atoms with van der Waals surface area (Å²) in [6.07, 6.45) is -5.20. The largest absolute Gasteiger partial charge is 0.430 e. The normalized spacial score (nSPS) is 12.7. The van der Waals surface area contributed by atoms with Crippen LogP contribution >= 0.6 is 0 Å². The van der Waals surface area contributed by atoms with E-state index in [1.807, 2.05) is 0 Å². The molecule has 0 aliphatic rings. The molecular weight excluding hydrogens is 407 g/mol. The maximum Gasteiger partial charge on any atom is 0.429 e. The molecule has 160 valence electrons. The molecule has 0 spiro atoms. The van der Waals surface area contributed by atoms with Gasteiger partial charge in [-0.15, -0.1) is 0 Å². The number of hydrogen-bond acceptors (Lipinski definition) is 5. The monoisotopic (exact) mass is 425 g/mol. The van der Waals surface area contributed by atoms with Gasteiger partial charge in [-0.05, 0) is 31.2 Å². The van der Waals surface area contributed by atoms with Crippen LogP contribution in [0.15, 0.2) is 40.2 Å². The van der Waals surface area contributed by atoms with Crippen molar-refractivity contribution in [3.63, 3.8) is 0 Å². The lowest BCUT2D eigenvalue weighted by atomic mass is 10.3. The van der Waals surface area contributed by atoms with Gasteiger partial charge in [0.1, 0.15) is 12.3 Å². The van der Waals surface area contributed by atoms with Gasteiger partial charge in [0.05, 0.1) is 6.33 Å². The van der Waals surface area contributed by atoms with Crippen molar-refractivity contribution in [1.29, 1.82) is 0 Å². The highest BCUT2D eigenvalue weighted by atomic mass is 19.3. The van der Waals surface area contributed by atoms with Gasteiger partial charge in [-0.2, -0.15) is 8.78 Å². The molecule has 12 heteroatoms. The average Bonchev–Trinajstić information content (AvgIpc) is 3.09. The molecule has 0 aliphatic heterocycles. The molecule has 0 fully saturated rings. The number of aryl methyl sites for hydroxylation is 1. The predicted octanol–water partition coefficient (Wildman–Crippen LogP) is 1.40. The molecular formula is C18H18F3N5O4. The number of benzene rings is 1. The number of hydrogen-bond donors (Lipinski definition) is 1. The molecule has 0 saturated heterocycles. The minimum atomic E-state index is -3.97. The van der Waals surface area contributed by atoms with Gasteiger partial charge >= 0.3 is 11.8 Å². The van der Waals surface area contributed by atoms with Gasteiger partial charge in [0.2, 0.25) is 12.1 Å². The van der Waals surface area contributed by atoms with Crippen LogP contribution in [0, 0.1) is 0 Å². The number of carbonyl (C=O) groups excluding carboxylic acids is 1. The van der Waals surface area contributed by atoms with Gasteiger partial charge in [0, 0.05) is 19.8 Å². The van der Waals surface area contributed by atoms with Crippen LogP contribution in [-0.4, -0.2) is 36.9 Å². The summed E-state index contributed by atoms with van der Waals surface area (Å²) in [4.78, 5) is 40.7. The fraction of sp³-hybridized carbons (Fsp3) is 0.333. The number of anilines is 1. The standard InChI is InChI=1S/C18H18F3N5O4/c1-10(19)18(20,21)30-12-6-4-11(5-7-12)23-13(27)8-26-9-22-15-14(26)16(28)25(3)17(29)24(15)2/h4-7,9-10H,8H2,1-3H3,(H,23,27). The summed E-state index contributed by atoms with van der Waals surface area (Å²) in [5.41, 5.74) is -0.643. The van der Waals surface area contributed by atoms with E-state index in [0.717, 1.165) is 16.7 Å². The zero-order chi connectivity index (χ0) is 22.2. The fourth-order valence-electron chi connectivity index (χ4n) is 2.72. The maximum absolute atomic E-state index is 13.3. The number of carbonyl (C=O) groups is 1. The van der Waals surface area contributed by atoms with E-state index < -0.39 is 29.4 Å². The van der Waals surface area contributed by atoms with E-state index >= 15 is 0 Å². The van der Waals surface area contributed by atoms with Crippen molar-refractivity contribution in [2.75, 3.05) is 5.32 Å². The molecule has 3 aromatic rings. The fourth-order valence-corrected chi connectivity index (χ4v) is 2.72. The van der Waals surface area contributed by atoms with Crippen LogP contribution in [0.2, 0.25) is 0 Å². The molecule has 2 heterocycles. The van der Waals surface area contributed by atoms with Crippen molar-refractivity contribution < 1.29 is 22.7 Å². The highest BCUT2D eigenvalue weighted by Gasteiger charge is 2.39. The topological polar surface area (TPSA) is 100 Å². The Labute approximate surface area is 167 Å². The van der Waals surface area contributed by atoms with E-state index in [-0.39, 0.29) is 29.1 Å². The van der Waals surface area contributed by atoms with Crippen molar-refractivity contribution in [2.24, 2.45) is 14.1 Å². The molecule has 1 amide bonds. The molecule has 1 N–H and O–H groups in total. The summed E-state index contributed by atoms with van der Waals surface area (Å²) in [7, 11) is 2.77. The Morgan fingerprint density at radius 1 is 1.20 bits per heavy atom. The molecule has 1 unspecified atom stereocenters. The van der Waals surface area contributed by atoms with Crippen LogP contribution in [0.25, 0.3) is 11.2 Å². The summed E-state index contributed by atoms with van der Waals surface area (Å²) in [5.74, 6) is -0.797. The van der Waals surface area contributed by atoms with E-state index in [1.54, 1.807) is 0 Å². The number of aromatic nitrogens is 4. The molecule has 0 aliphatic carbocycles. The van der Waals surface area contributed by atoms with Gasteiger partial charge in [-0.3, -0.25) is 18.7 Å². The van der Waals surface area contributed by atoms with Gasteiger partial charge < -0.3 is 14.6 Å². The molecule has 3 rings (SSSR count). The third kappa shape index (κ3) is 3.93. The lowest BCUT2D eigenvalue weighted by Crippen LogP contribution is -2.37. The first-order valence-corrected chi connectivity index (χ1v) is 8.73. The van der Waals surface area contributed by atoms with E-state index in [1.165, 1.54) is 41.7 Å². The van der Waals surface area contributed by atoms with Crippen LogP contribution < -0.4 is 21.3 Å². The minimum absolute atomic E-state index is 0.0843. The zero-order valence-corrected chi connectivity index (χ0v) is 16.2. The first-order chi connectivity index (χ1) is 14.0. The molecule has 30 heavy (non-hydrogen) atoms. The van der Waals surface area contributed by atoms with Crippen LogP contribution in [0.5, 0.6) is 5.75 Å². The Bertz CT molecular complexity index is 1210. The second-order valence-corrected chi connectivity index (χ2v) is 6.60. The van der Waals surface area contributed by atoms with E-state index in [9.17, 15) is 27.6 Å². The molecule has 0 bridgehead atoms. The van der Waals surface area contributed by atoms with Crippen LogP contribution in [0.3, 0.4) is 0 Å². The second-order valence-electron chi connectivity index (χ2n) is 6.60. The third-order valence-corrected chi connectivity index (χ3v) is 4.39. The minimum Gasteiger partial charge on any atom is -0.430 e. The van der Waals surface area contributed by atoms with Crippen molar-refractivity contribution in [1.82, 2.24) is 18.7 Å². The zero-order valence-electron chi connectivity index (χ0n) is 16.2. The number of alkyl halides is 3. The molecule has 1 aromatic carbocycles. The van der Waals surface area contributed by atoms with Gasteiger partial charge in [0.25, 0.3) is 5.56 Å². The van der Waals surface area contributed by atoms with Gasteiger partial charge in [0.15, 0.2) is 11.2 Å². The summed E-state index contributed by atoms with van der Waals surface area (Å²) in [6, 6.07) is 4.93. The molecule has 1 atom stereocenters. The maximum atomic E-state index is 13.3.